The van der Waals surface area contributed by atoms with Crippen molar-refractivity contribution in [3.63, 3.8) is 0 Å². The van der Waals surface area contributed by atoms with Crippen LogP contribution in [0.5, 0.6) is 0 Å². The number of nitrogens with one attached hydrogen (secondary N) is 1. The lowest BCUT2D eigenvalue weighted by Gasteiger charge is -2.34. The van der Waals surface area contributed by atoms with Crippen molar-refractivity contribution in [1.82, 2.24) is 9.80 Å². The monoisotopic (exact) mass is 261 g/mol. The van der Waals surface area contributed by atoms with Crippen molar-refractivity contribution in [3.8, 4) is 0 Å². The van der Waals surface area contributed by atoms with E-state index in [0.717, 1.165) is 19.5 Å². The van der Waals surface area contributed by atoms with E-state index in [1.807, 2.05) is 0 Å². The number of rotatable bonds is 6. The molecule has 19 heavy (non-hydrogen) atoms. The molecule has 0 aliphatic carbocycles. The molecule has 3 nitrogen and oxygen atoms in total. The maximum Gasteiger partial charge on any atom is 0.0340 e. The number of nitrogens with zero attached hydrogens (tertiary/aromatic N) is 2. The van der Waals surface area contributed by atoms with Gasteiger partial charge in [-0.1, -0.05) is 26.0 Å². The molecule has 1 saturated heterocycles. The van der Waals surface area contributed by atoms with Gasteiger partial charge < -0.3 is 10.2 Å². The second-order valence-electron chi connectivity index (χ2n) is 5.25. The van der Waals surface area contributed by atoms with Gasteiger partial charge in [-0.3, -0.25) is 4.90 Å². The summed E-state index contributed by atoms with van der Waals surface area (Å²) < 4.78 is 0. The number of piperazine rings is 1. The first kappa shape index (κ1) is 14.4. The molecule has 0 spiro atoms. The molecule has 0 aromatic heterocycles. The smallest absolute Gasteiger partial charge is 0.0340 e. The standard InChI is InChI=1S/C16H27N3/c1-3-15-5-7-16(8-6-15)17-9-10-19-13-11-18(4-2)12-14-19/h5-8,17H,3-4,9-14H2,1-2H3. The van der Waals surface area contributed by atoms with Crippen molar-refractivity contribution >= 4 is 5.69 Å². The predicted octanol–water partition coefficient (Wildman–Crippen LogP) is 2.30. The van der Waals surface area contributed by atoms with Crippen LogP contribution in [-0.2, 0) is 6.42 Å². The minimum Gasteiger partial charge on any atom is -0.384 e. The highest BCUT2D eigenvalue weighted by Gasteiger charge is 2.14. The average Bonchev–Trinajstić information content (AvgIpc) is 2.49. The van der Waals surface area contributed by atoms with Crippen molar-refractivity contribution < 1.29 is 0 Å². The quantitative estimate of drug-likeness (QED) is 0.847. The number of hydrogen-bond acceptors (Lipinski definition) is 3. The SMILES string of the molecule is CCc1ccc(NCCN2CCN(CC)CC2)cc1. The Morgan fingerprint density at radius 2 is 1.58 bits per heavy atom. The first-order valence-corrected chi connectivity index (χ1v) is 7.59. The fraction of sp³-hybridized carbons (Fsp3) is 0.625. The first-order valence-electron chi connectivity index (χ1n) is 7.59. The number of anilines is 1. The van der Waals surface area contributed by atoms with Crippen molar-refractivity contribution in [2.45, 2.75) is 20.3 Å². The molecule has 0 unspecified atom stereocenters. The Kier molecular flexibility index (Phi) is 5.67. The molecule has 0 amide bonds. The number of aryl methyl sites for hydroxylation is 1. The molecule has 0 bridgehead atoms. The Morgan fingerprint density at radius 1 is 0.947 bits per heavy atom. The van der Waals surface area contributed by atoms with Gasteiger partial charge in [0.25, 0.3) is 0 Å². The molecular formula is C16H27N3. The lowest BCUT2D eigenvalue weighted by atomic mass is 10.1. The molecule has 0 radical (unpaired) electrons. The first-order chi connectivity index (χ1) is 9.31. The van der Waals surface area contributed by atoms with Crippen LogP contribution in [0.15, 0.2) is 24.3 Å². The highest BCUT2D eigenvalue weighted by Crippen LogP contribution is 2.09. The molecule has 1 aromatic carbocycles. The second-order valence-corrected chi connectivity index (χ2v) is 5.25. The van der Waals surface area contributed by atoms with Crippen molar-refractivity contribution in [1.29, 1.82) is 0 Å². The van der Waals surface area contributed by atoms with E-state index in [4.69, 9.17) is 0 Å². The second kappa shape index (κ2) is 7.51. The van der Waals surface area contributed by atoms with E-state index in [0.29, 0.717) is 0 Å². The normalized spacial score (nSPS) is 17.6. The van der Waals surface area contributed by atoms with E-state index in [1.165, 1.54) is 44.0 Å². The molecule has 0 saturated carbocycles. The fourth-order valence-electron chi connectivity index (χ4n) is 2.55. The predicted molar refractivity (Wildman–Crippen MR) is 82.9 cm³/mol. The van der Waals surface area contributed by atoms with Gasteiger partial charge in [0.05, 0.1) is 0 Å². The van der Waals surface area contributed by atoms with Crippen LogP contribution in [0.2, 0.25) is 0 Å². The molecule has 3 heteroatoms. The third-order valence-corrected chi connectivity index (χ3v) is 4.03. The summed E-state index contributed by atoms with van der Waals surface area (Å²) in [5.41, 5.74) is 2.64. The van der Waals surface area contributed by atoms with Crippen LogP contribution in [0.25, 0.3) is 0 Å². The number of benzene rings is 1. The van der Waals surface area contributed by atoms with Gasteiger partial charge in [0, 0.05) is 45.0 Å². The molecular weight excluding hydrogens is 234 g/mol. The fourth-order valence-corrected chi connectivity index (χ4v) is 2.55. The topological polar surface area (TPSA) is 18.5 Å². The van der Waals surface area contributed by atoms with Gasteiger partial charge in [-0.2, -0.15) is 0 Å². The van der Waals surface area contributed by atoms with E-state index in [-0.39, 0.29) is 0 Å². The van der Waals surface area contributed by atoms with Crippen LogP contribution in [-0.4, -0.2) is 55.6 Å². The van der Waals surface area contributed by atoms with Gasteiger partial charge in [-0.25, -0.2) is 0 Å². The minimum absolute atomic E-state index is 1.04. The van der Waals surface area contributed by atoms with E-state index in [2.05, 4.69) is 53.2 Å². The zero-order chi connectivity index (χ0) is 13.5. The zero-order valence-electron chi connectivity index (χ0n) is 12.4. The third-order valence-electron chi connectivity index (χ3n) is 4.03. The Hall–Kier alpha value is -1.06. The molecule has 1 aliphatic heterocycles. The van der Waals surface area contributed by atoms with Crippen molar-refractivity contribution in [2.24, 2.45) is 0 Å². The van der Waals surface area contributed by atoms with Gasteiger partial charge in [0.1, 0.15) is 0 Å². The molecule has 2 rings (SSSR count). The molecule has 1 fully saturated rings. The molecule has 1 aromatic rings. The summed E-state index contributed by atoms with van der Waals surface area (Å²) in [5.74, 6) is 0. The molecule has 1 N–H and O–H groups in total. The minimum atomic E-state index is 1.04. The third kappa shape index (κ3) is 4.51. The van der Waals surface area contributed by atoms with Crippen LogP contribution in [0.4, 0.5) is 5.69 Å². The van der Waals surface area contributed by atoms with Crippen LogP contribution in [0.1, 0.15) is 19.4 Å². The zero-order valence-corrected chi connectivity index (χ0v) is 12.4. The Bertz CT molecular complexity index is 353. The van der Waals surface area contributed by atoms with Crippen LogP contribution >= 0.6 is 0 Å². The van der Waals surface area contributed by atoms with Gasteiger partial charge in [-0.15, -0.1) is 0 Å². The summed E-state index contributed by atoms with van der Waals surface area (Å²) in [4.78, 5) is 5.08. The van der Waals surface area contributed by atoms with Crippen LogP contribution < -0.4 is 5.32 Å². The summed E-state index contributed by atoms with van der Waals surface area (Å²) in [6, 6.07) is 8.80. The maximum atomic E-state index is 3.51. The average molecular weight is 261 g/mol. The van der Waals surface area contributed by atoms with Crippen LogP contribution in [0.3, 0.4) is 0 Å². The largest absolute Gasteiger partial charge is 0.384 e. The molecule has 1 heterocycles. The van der Waals surface area contributed by atoms with E-state index in [9.17, 15) is 0 Å². The molecule has 0 atom stereocenters. The highest BCUT2D eigenvalue weighted by atomic mass is 15.3. The van der Waals surface area contributed by atoms with Crippen LogP contribution in [0, 0.1) is 0 Å². The molecule has 106 valence electrons. The lowest BCUT2D eigenvalue weighted by Crippen LogP contribution is -2.47. The van der Waals surface area contributed by atoms with Crippen molar-refractivity contribution in [3.05, 3.63) is 29.8 Å². The summed E-state index contributed by atoms with van der Waals surface area (Å²) >= 11 is 0. The van der Waals surface area contributed by atoms with E-state index < -0.39 is 0 Å². The number of hydrogen-bond donors (Lipinski definition) is 1. The van der Waals surface area contributed by atoms with Gasteiger partial charge in [-0.05, 0) is 30.7 Å². The van der Waals surface area contributed by atoms with E-state index in [1.54, 1.807) is 0 Å². The summed E-state index contributed by atoms with van der Waals surface area (Å²) in [5, 5.41) is 3.51. The summed E-state index contributed by atoms with van der Waals surface area (Å²) in [6.07, 6.45) is 1.11. The highest BCUT2D eigenvalue weighted by molar-refractivity contribution is 5.44. The van der Waals surface area contributed by atoms with Gasteiger partial charge in [0.15, 0.2) is 0 Å². The summed E-state index contributed by atoms with van der Waals surface area (Å²) in [7, 11) is 0. The molecule has 1 aliphatic rings. The van der Waals surface area contributed by atoms with E-state index >= 15 is 0 Å². The van der Waals surface area contributed by atoms with Gasteiger partial charge >= 0.3 is 0 Å². The lowest BCUT2D eigenvalue weighted by molar-refractivity contribution is 0.141. The van der Waals surface area contributed by atoms with Crippen molar-refractivity contribution in [2.75, 3.05) is 51.1 Å². The maximum absolute atomic E-state index is 3.51. The Balaban J connectivity index is 1.66. The Labute approximate surface area is 117 Å². The summed E-state index contributed by atoms with van der Waals surface area (Å²) in [6.45, 7) is 12.7. The van der Waals surface area contributed by atoms with Gasteiger partial charge in [0.2, 0.25) is 0 Å². The number of likely N-dealkylation sites (N-methyl/N-ethyl adjacent to an activating group) is 1. The Morgan fingerprint density at radius 3 is 2.16 bits per heavy atom.